The van der Waals surface area contributed by atoms with Crippen molar-refractivity contribution < 1.29 is 13.2 Å². The highest BCUT2D eigenvalue weighted by Crippen LogP contribution is 2.30. The summed E-state index contributed by atoms with van der Waals surface area (Å²) in [5.74, 6) is -0.258. The molecule has 1 N–H and O–H groups in total. The van der Waals surface area contributed by atoms with E-state index in [0.29, 0.717) is 32.5 Å². The maximum absolute atomic E-state index is 12.7. The Morgan fingerprint density at radius 1 is 1.25 bits per heavy atom. The van der Waals surface area contributed by atoms with Crippen molar-refractivity contribution in [1.82, 2.24) is 10.2 Å². The standard InChI is InChI=1S/C13H26N2O3S.ClH/c1-12(2,3)10-15(4)11(16)13(19(5,17)18)6-8-14-9-7-13;/h14H,6-10H2,1-5H3;1H. The number of rotatable bonds is 3. The molecule has 120 valence electrons. The predicted octanol–water partition coefficient (Wildman–Crippen LogP) is 1.08. The third kappa shape index (κ3) is 4.33. The average Bonchev–Trinajstić information content (AvgIpc) is 2.25. The Bertz CT molecular complexity index is 437. The molecule has 0 aromatic heterocycles. The molecule has 1 heterocycles. The molecule has 1 aliphatic heterocycles. The number of hydrogen-bond donors (Lipinski definition) is 1. The molecular formula is C13H27ClN2O3S. The van der Waals surface area contributed by atoms with E-state index in [2.05, 4.69) is 5.32 Å². The molecule has 0 spiro atoms. The van der Waals surface area contributed by atoms with Crippen LogP contribution in [0.5, 0.6) is 0 Å². The zero-order valence-electron chi connectivity index (χ0n) is 13.0. The normalized spacial score (nSPS) is 19.1. The average molecular weight is 327 g/mol. The van der Waals surface area contributed by atoms with E-state index in [1.165, 1.54) is 6.26 Å². The van der Waals surface area contributed by atoms with Crippen molar-refractivity contribution >= 4 is 28.2 Å². The summed E-state index contributed by atoms with van der Waals surface area (Å²) in [5, 5.41) is 3.12. The van der Waals surface area contributed by atoms with Gasteiger partial charge in [0.2, 0.25) is 5.91 Å². The number of nitrogens with zero attached hydrogens (tertiary/aromatic N) is 1. The number of nitrogens with one attached hydrogen (secondary N) is 1. The Labute approximate surface area is 128 Å². The largest absolute Gasteiger partial charge is 0.344 e. The first kappa shape index (κ1) is 19.7. The van der Waals surface area contributed by atoms with E-state index in [-0.39, 0.29) is 23.7 Å². The fourth-order valence-corrected chi connectivity index (χ4v) is 4.12. The van der Waals surface area contributed by atoms with Crippen molar-refractivity contribution in [3.05, 3.63) is 0 Å². The molecule has 1 saturated heterocycles. The fourth-order valence-electron chi connectivity index (χ4n) is 2.71. The molecule has 20 heavy (non-hydrogen) atoms. The molecular weight excluding hydrogens is 300 g/mol. The Kier molecular flexibility index (Phi) is 6.51. The van der Waals surface area contributed by atoms with Crippen molar-refractivity contribution in [1.29, 1.82) is 0 Å². The SMILES string of the molecule is CN(CC(C)(C)C)C(=O)C1(S(C)(=O)=O)CCNCC1.Cl. The van der Waals surface area contributed by atoms with Gasteiger partial charge in [0.15, 0.2) is 14.6 Å². The first-order chi connectivity index (χ1) is 8.50. The topological polar surface area (TPSA) is 66.5 Å². The lowest BCUT2D eigenvalue weighted by Gasteiger charge is -2.39. The summed E-state index contributed by atoms with van der Waals surface area (Å²) in [4.78, 5) is 14.2. The molecule has 0 atom stereocenters. The molecule has 1 fully saturated rings. The third-order valence-electron chi connectivity index (χ3n) is 3.57. The highest BCUT2D eigenvalue weighted by Gasteiger charge is 2.50. The van der Waals surface area contributed by atoms with Gasteiger partial charge in [0.1, 0.15) is 0 Å². The fraction of sp³-hybridized carbons (Fsp3) is 0.923. The summed E-state index contributed by atoms with van der Waals surface area (Å²) < 4.78 is 23.1. The Morgan fingerprint density at radius 2 is 1.70 bits per heavy atom. The molecule has 0 aromatic rings. The summed E-state index contributed by atoms with van der Waals surface area (Å²) in [7, 11) is -1.72. The highest BCUT2D eigenvalue weighted by molar-refractivity contribution is 7.92. The molecule has 0 bridgehead atoms. The molecule has 0 radical (unpaired) electrons. The summed E-state index contributed by atoms with van der Waals surface area (Å²) in [6, 6.07) is 0. The van der Waals surface area contributed by atoms with Gasteiger partial charge in [0.05, 0.1) is 0 Å². The molecule has 1 aliphatic rings. The summed E-state index contributed by atoms with van der Waals surface area (Å²) in [6.45, 7) is 7.80. The van der Waals surface area contributed by atoms with Crippen molar-refractivity contribution in [3.63, 3.8) is 0 Å². The van der Waals surface area contributed by atoms with E-state index in [0.717, 1.165) is 0 Å². The number of hydrogen-bond acceptors (Lipinski definition) is 4. The molecule has 0 unspecified atom stereocenters. The van der Waals surface area contributed by atoms with Crippen LogP contribution in [-0.2, 0) is 14.6 Å². The van der Waals surface area contributed by atoms with Crippen molar-refractivity contribution in [2.24, 2.45) is 5.41 Å². The van der Waals surface area contributed by atoms with E-state index < -0.39 is 14.6 Å². The minimum Gasteiger partial charge on any atom is -0.344 e. The summed E-state index contributed by atoms with van der Waals surface area (Å²) in [5.41, 5.74) is -0.0456. The lowest BCUT2D eigenvalue weighted by Crippen LogP contribution is -2.58. The molecule has 0 aliphatic carbocycles. The first-order valence-corrected chi connectivity index (χ1v) is 8.55. The number of piperidine rings is 1. The van der Waals surface area contributed by atoms with Gasteiger partial charge in [-0.05, 0) is 31.3 Å². The van der Waals surface area contributed by atoms with E-state index in [4.69, 9.17) is 0 Å². The van der Waals surface area contributed by atoms with Crippen LogP contribution in [0.15, 0.2) is 0 Å². The van der Waals surface area contributed by atoms with Crippen LogP contribution in [0.3, 0.4) is 0 Å². The minimum absolute atomic E-state index is 0. The number of sulfone groups is 1. The maximum Gasteiger partial charge on any atom is 0.243 e. The van der Waals surface area contributed by atoms with Gasteiger partial charge >= 0.3 is 0 Å². The van der Waals surface area contributed by atoms with Crippen molar-refractivity contribution in [2.45, 2.75) is 38.4 Å². The third-order valence-corrected chi connectivity index (χ3v) is 5.57. The van der Waals surface area contributed by atoms with Gasteiger partial charge in [-0.1, -0.05) is 20.8 Å². The lowest BCUT2D eigenvalue weighted by atomic mass is 9.92. The van der Waals surface area contributed by atoms with Crippen LogP contribution in [-0.4, -0.2) is 56.9 Å². The van der Waals surface area contributed by atoms with E-state index >= 15 is 0 Å². The first-order valence-electron chi connectivity index (χ1n) is 6.65. The van der Waals surface area contributed by atoms with Crippen molar-refractivity contribution in [3.8, 4) is 0 Å². The lowest BCUT2D eigenvalue weighted by molar-refractivity contribution is -0.134. The van der Waals surface area contributed by atoms with Crippen LogP contribution in [0, 0.1) is 5.41 Å². The smallest absolute Gasteiger partial charge is 0.243 e. The molecule has 0 aromatic carbocycles. The molecule has 7 heteroatoms. The van der Waals surface area contributed by atoms with Gasteiger partial charge in [-0.25, -0.2) is 8.42 Å². The maximum atomic E-state index is 12.7. The van der Waals surface area contributed by atoms with Crippen LogP contribution in [0.4, 0.5) is 0 Å². The highest BCUT2D eigenvalue weighted by atomic mass is 35.5. The molecule has 1 rings (SSSR count). The number of halogens is 1. The van der Waals surface area contributed by atoms with Gasteiger partial charge in [-0.3, -0.25) is 4.79 Å². The molecule has 0 saturated carbocycles. The van der Waals surface area contributed by atoms with E-state index in [9.17, 15) is 13.2 Å². The zero-order valence-corrected chi connectivity index (χ0v) is 14.7. The second-order valence-electron chi connectivity index (χ2n) is 6.74. The van der Waals surface area contributed by atoms with Crippen molar-refractivity contribution in [2.75, 3.05) is 32.9 Å². The van der Waals surface area contributed by atoms with Crippen LogP contribution in [0.25, 0.3) is 0 Å². The van der Waals surface area contributed by atoms with Gasteiger partial charge in [-0.15, -0.1) is 12.4 Å². The van der Waals surface area contributed by atoms with Crippen LogP contribution >= 0.6 is 12.4 Å². The number of amides is 1. The van der Waals surface area contributed by atoms with Gasteiger partial charge in [-0.2, -0.15) is 0 Å². The zero-order chi connectivity index (χ0) is 14.9. The van der Waals surface area contributed by atoms with Crippen LogP contribution < -0.4 is 5.32 Å². The second-order valence-corrected chi connectivity index (χ2v) is 9.06. The van der Waals surface area contributed by atoms with Crippen LogP contribution in [0.1, 0.15) is 33.6 Å². The molecule has 1 amide bonds. The summed E-state index contributed by atoms with van der Waals surface area (Å²) >= 11 is 0. The molecule has 5 nitrogen and oxygen atoms in total. The Morgan fingerprint density at radius 3 is 2.05 bits per heavy atom. The van der Waals surface area contributed by atoms with Gasteiger partial charge in [0, 0.05) is 19.8 Å². The van der Waals surface area contributed by atoms with E-state index in [1.54, 1.807) is 11.9 Å². The Hall–Kier alpha value is -0.330. The number of carbonyl (C=O) groups is 1. The van der Waals surface area contributed by atoms with E-state index in [1.807, 2.05) is 20.8 Å². The predicted molar refractivity (Wildman–Crippen MR) is 84.0 cm³/mol. The monoisotopic (exact) mass is 326 g/mol. The van der Waals surface area contributed by atoms with Crippen LogP contribution in [0.2, 0.25) is 0 Å². The minimum atomic E-state index is -3.42. The van der Waals surface area contributed by atoms with Gasteiger partial charge in [0.25, 0.3) is 0 Å². The number of carbonyl (C=O) groups excluding carboxylic acids is 1. The Balaban J connectivity index is 0.00000361. The quantitative estimate of drug-likeness (QED) is 0.842. The summed E-state index contributed by atoms with van der Waals surface area (Å²) in [6.07, 6.45) is 1.90. The second kappa shape index (κ2) is 6.62. The van der Waals surface area contributed by atoms with Gasteiger partial charge < -0.3 is 10.2 Å².